The van der Waals surface area contributed by atoms with Crippen molar-refractivity contribution in [2.45, 2.75) is 6.92 Å². The van der Waals surface area contributed by atoms with Crippen molar-refractivity contribution in [3.8, 4) is 5.75 Å². The molecule has 0 saturated carbocycles. The van der Waals surface area contributed by atoms with Gasteiger partial charge in [-0.05, 0) is 19.1 Å². The number of ether oxygens (including phenoxy) is 1. The summed E-state index contributed by atoms with van der Waals surface area (Å²) in [7, 11) is 1.59. The average molecular weight is 300 g/mol. The van der Waals surface area contributed by atoms with Gasteiger partial charge in [0.2, 0.25) is 0 Å². The number of benzene rings is 2. The molecule has 1 N–H and O–H groups in total. The monoisotopic (exact) mass is 299 g/mol. The molecule has 1 heterocycles. The highest BCUT2D eigenvalue weighted by molar-refractivity contribution is 6.37. The molecular weight excluding hydrogens is 286 g/mol. The summed E-state index contributed by atoms with van der Waals surface area (Å²) in [6, 6.07) is 12.7. The van der Waals surface area contributed by atoms with Gasteiger partial charge in [-0.3, -0.25) is 4.79 Å². The molecule has 3 rings (SSSR count). The van der Waals surface area contributed by atoms with Crippen molar-refractivity contribution in [2.24, 2.45) is 0 Å². The minimum absolute atomic E-state index is 0.108. The summed E-state index contributed by atoms with van der Waals surface area (Å²) >= 11 is 6.30. The lowest BCUT2D eigenvalue weighted by molar-refractivity contribution is 0.104. The number of fused-ring (bicyclic) bond motifs is 1. The van der Waals surface area contributed by atoms with E-state index in [1.807, 2.05) is 31.2 Å². The van der Waals surface area contributed by atoms with Crippen LogP contribution >= 0.6 is 11.6 Å². The Morgan fingerprint density at radius 3 is 2.52 bits per heavy atom. The van der Waals surface area contributed by atoms with Crippen LogP contribution in [0.1, 0.15) is 21.6 Å². The SMILES string of the molecule is COc1c(C)[nH]c2ccc(Cl)c(C(=O)c3ccccc3)c12. The van der Waals surface area contributed by atoms with Crippen LogP contribution in [-0.2, 0) is 0 Å². The normalized spacial score (nSPS) is 10.8. The number of aromatic nitrogens is 1. The predicted octanol–water partition coefficient (Wildman–Crippen LogP) is 4.37. The van der Waals surface area contributed by atoms with Crippen molar-refractivity contribution < 1.29 is 9.53 Å². The maximum Gasteiger partial charge on any atom is 0.195 e. The Morgan fingerprint density at radius 1 is 1.14 bits per heavy atom. The fourth-order valence-corrected chi connectivity index (χ4v) is 2.82. The Labute approximate surface area is 127 Å². The van der Waals surface area contributed by atoms with Gasteiger partial charge in [-0.25, -0.2) is 0 Å². The van der Waals surface area contributed by atoms with Crippen LogP contribution in [0, 0.1) is 6.92 Å². The van der Waals surface area contributed by atoms with E-state index in [4.69, 9.17) is 16.3 Å². The number of carbonyl (C=O) groups is 1. The highest BCUT2D eigenvalue weighted by atomic mass is 35.5. The van der Waals surface area contributed by atoms with E-state index in [-0.39, 0.29) is 5.78 Å². The molecule has 1 aromatic heterocycles. The molecule has 0 unspecified atom stereocenters. The summed E-state index contributed by atoms with van der Waals surface area (Å²) in [5.74, 6) is 0.551. The second-order valence-electron chi connectivity index (χ2n) is 4.82. The van der Waals surface area contributed by atoms with Gasteiger partial charge in [0.25, 0.3) is 0 Å². The van der Waals surface area contributed by atoms with Crippen molar-refractivity contribution in [1.29, 1.82) is 0 Å². The third kappa shape index (κ3) is 2.20. The lowest BCUT2D eigenvalue weighted by Crippen LogP contribution is -2.03. The number of hydrogen-bond acceptors (Lipinski definition) is 2. The molecule has 2 aromatic carbocycles. The molecule has 0 radical (unpaired) electrons. The standard InChI is InChI=1S/C17H14ClNO2/c1-10-17(21-2)15-13(19-10)9-8-12(18)14(15)16(20)11-6-4-3-5-7-11/h3-9,19H,1-2H3. The number of H-pyrrole nitrogens is 1. The molecule has 0 aliphatic heterocycles. The molecule has 3 aromatic rings. The quantitative estimate of drug-likeness (QED) is 0.730. The second-order valence-corrected chi connectivity index (χ2v) is 5.23. The molecule has 0 spiro atoms. The highest BCUT2D eigenvalue weighted by Crippen LogP contribution is 2.36. The Balaban J connectivity index is 2.31. The minimum Gasteiger partial charge on any atom is -0.494 e. The summed E-state index contributed by atoms with van der Waals surface area (Å²) in [5.41, 5.74) is 2.79. The zero-order valence-electron chi connectivity index (χ0n) is 11.7. The van der Waals surface area contributed by atoms with Gasteiger partial charge in [0.1, 0.15) is 5.75 Å². The first-order chi connectivity index (χ1) is 10.1. The molecule has 0 atom stereocenters. The van der Waals surface area contributed by atoms with E-state index >= 15 is 0 Å². The molecule has 3 nitrogen and oxygen atoms in total. The third-order valence-electron chi connectivity index (χ3n) is 3.51. The smallest absolute Gasteiger partial charge is 0.195 e. The first kappa shape index (κ1) is 13.7. The van der Waals surface area contributed by atoms with E-state index < -0.39 is 0 Å². The third-order valence-corrected chi connectivity index (χ3v) is 3.83. The van der Waals surface area contributed by atoms with Crippen LogP contribution in [0.25, 0.3) is 10.9 Å². The van der Waals surface area contributed by atoms with Crippen molar-refractivity contribution >= 4 is 28.3 Å². The van der Waals surface area contributed by atoms with E-state index in [1.165, 1.54) is 0 Å². The van der Waals surface area contributed by atoms with E-state index in [0.717, 1.165) is 16.6 Å². The maximum atomic E-state index is 12.8. The number of rotatable bonds is 3. The van der Waals surface area contributed by atoms with Gasteiger partial charge >= 0.3 is 0 Å². The molecule has 106 valence electrons. The van der Waals surface area contributed by atoms with Crippen LogP contribution in [-0.4, -0.2) is 17.9 Å². The zero-order valence-corrected chi connectivity index (χ0v) is 12.5. The van der Waals surface area contributed by atoms with Crippen LogP contribution in [0.2, 0.25) is 5.02 Å². The molecule has 0 bridgehead atoms. The van der Waals surface area contributed by atoms with E-state index in [0.29, 0.717) is 21.9 Å². The van der Waals surface area contributed by atoms with Crippen molar-refractivity contribution in [3.63, 3.8) is 0 Å². The number of aromatic amines is 1. The van der Waals surface area contributed by atoms with Gasteiger partial charge in [-0.1, -0.05) is 41.9 Å². The molecule has 0 amide bonds. The number of nitrogens with one attached hydrogen (secondary N) is 1. The Bertz CT molecular complexity index is 822. The van der Waals surface area contributed by atoms with Gasteiger partial charge in [0.15, 0.2) is 5.78 Å². The van der Waals surface area contributed by atoms with Gasteiger partial charge < -0.3 is 9.72 Å². The zero-order chi connectivity index (χ0) is 15.0. The fraction of sp³-hybridized carbons (Fsp3) is 0.118. The lowest BCUT2D eigenvalue weighted by atomic mass is 9.99. The maximum absolute atomic E-state index is 12.8. The summed E-state index contributed by atoms with van der Waals surface area (Å²) in [6.45, 7) is 1.91. The molecule has 0 aliphatic rings. The van der Waals surface area contributed by atoms with E-state index in [9.17, 15) is 4.79 Å². The van der Waals surface area contributed by atoms with Gasteiger partial charge in [0.05, 0.1) is 34.3 Å². The topological polar surface area (TPSA) is 42.1 Å². The number of ketones is 1. The number of hydrogen-bond donors (Lipinski definition) is 1. The lowest BCUT2D eigenvalue weighted by Gasteiger charge is -2.08. The Morgan fingerprint density at radius 2 is 1.86 bits per heavy atom. The molecule has 0 saturated heterocycles. The first-order valence-corrected chi connectivity index (χ1v) is 6.95. The fourth-order valence-electron chi connectivity index (χ4n) is 2.57. The summed E-state index contributed by atoms with van der Waals surface area (Å²) < 4.78 is 5.44. The van der Waals surface area contributed by atoms with Gasteiger partial charge in [0, 0.05) is 5.56 Å². The largest absolute Gasteiger partial charge is 0.494 e. The molecule has 0 aliphatic carbocycles. The first-order valence-electron chi connectivity index (χ1n) is 6.58. The van der Waals surface area contributed by atoms with Crippen LogP contribution < -0.4 is 4.74 Å². The van der Waals surface area contributed by atoms with Crippen LogP contribution in [0.3, 0.4) is 0 Å². The van der Waals surface area contributed by atoms with E-state index in [2.05, 4.69) is 4.98 Å². The predicted molar refractivity (Wildman–Crippen MR) is 84.5 cm³/mol. The second kappa shape index (κ2) is 5.26. The average Bonchev–Trinajstić information content (AvgIpc) is 2.83. The van der Waals surface area contributed by atoms with Crippen LogP contribution in [0.5, 0.6) is 5.75 Å². The van der Waals surface area contributed by atoms with Crippen LogP contribution in [0.15, 0.2) is 42.5 Å². The molecular formula is C17H14ClNO2. The summed E-state index contributed by atoms with van der Waals surface area (Å²) in [5, 5.41) is 1.16. The summed E-state index contributed by atoms with van der Waals surface area (Å²) in [4.78, 5) is 16.0. The Hall–Kier alpha value is -2.26. The summed E-state index contributed by atoms with van der Waals surface area (Å²) in [6.07, 6.45) is 0. The Kier molecular flexibility index (Phi) is 3.43. The molecule has 21 heavy (non-hydrogen) atoms. The van der Waals surface area contributed by atoms with Crippen molar-refractivity contribution in [2.75, 3.05) is 7.11 Å². The van der Waals surface area contributed by atoms with Crippen LogP contribution in [0.4, 0.5) is 0 Å². The van der Waals surface area contributed by atoms with Crippen molar-refractivity contribution in [3.05, 3.63) is 64.3 Å². The van der Waals surface area contributed by atoms with E-state index in [1.54, 1.807) is 25.3 Å². The number of halogens is 1. The van der Waals surface area contributed by atoms with Gasteiger partial charge in [-0.2, -0.15) is 0 Å². The number of aryl methyl sites for hydroxylation is 1. The number of methoxy groups -OCH3 is 1. The minimum atomic E-state index is -0.108. The number of carbonyl (C=O) groups excluding carboxylic acids is 1. The molecule has 0 fully saturated rings. The highest BCUT2D eigenvalue weighted by Gasteiger charge is 2.21. The van der Waals surface area contributed by atoms with Gasteiger partial charge in [-0.15, -0.1) is 0 Å². The molecule has 4 heteroatoms. The van der Waals surface area contributed by atoms with Crippen molar-refractivity contribution in [1.82, 2.24) is 4.98 Å².